The van der Waals surface area contributed by atoms with Gasteiger partial charge in [0.1, 0.15) is 0 Å². The summed E-state index contributed by atoms with van der Waals surface area (Å²) in [5.41, 5.74) is 0. The zero-order valence-corrected chi connectivity index (χ0v) is 14.5. The molecule has 0 aromatic heterocycles. The maximum Gasteiger partial charge on any atom is 0.287 e. The Hall–Kier alpha value is 0.730. The Morgan fingerprint density at radius 2 is 1.47 bits per heavy atom. The normalized spacial score (nSPS) is 23.2. The molecule has 19 heavy (non-hydrogen) atoms. The fraction of sp³-hybridized carbons (Fsp3) is 1.00. The molecule has 1 heterocycles. The van der Waals surface area contributed by atoms with Gasteiger partial charge in [0.2, 0.25) is 4.58 Å². The molecule has 0 amide bonds. The first-order valence-electron chi connectivity index (χ1n) is 4.76. The number of hydrogen-bond donors (Lipinski definition) is 1. The van der Waals surface area contributed by atoms with Gasteiger partial charge in [-0.15, -0.1) is 0 Å². The van der Waals surface area contributed by atoms with Crippen molar-refractivity contribution in [1.82, 2.24) is 0 Å². The molecule has 0 bridgehead atoms. The molecule has 1 saturated heterocycles. The molecular formula is C6H12NaO9S3. The minimum atomic E-state index is -4.37. The smallest absolute Gasteiger partial charge is 0.286 e. The summed E-state index contributed by atoms with van der Waals surface area (Å²) in [5, 5.41) is 0. The van der Waals surface area contributed by atoms with Crippen molar-refractivity contribution in [3.63, 3.8) is 0 Å². The zero-order chi connectivity index (χ0) is 14.0. The van der Waals surface area contributed by atoms with E-state index in [9.17, 15) is 25.3 Å². The molecule has 1 rings (SSSR count). The first-order chi connectivity index (χ1) is 8.05. The Morgan fingerprint density at radius 1 is 1.05 bits per heavy atom. The summed E-state index contributed by atoms with van der Waals surface area (Å²) in [6.45, 7) is -0.841. The van der Waals surface area contributed by atoms with Crippen molar-refractivity contribution in [3.8, 4) is 0 Å². The Kier molecular flexibility index (Phi) is 7.41. The molecule has 1 aliphatic rings. The average Bonchev–Trinajstić information content (AvgIpc) is 2.25. The van der Waals surface area contributed by atoms with Crippen LogP contribution in [0.25, 0.3) is 0 Å². The van der Waals surface area contributed by atoms with Crippen molar-refractivity contribution in [2.24, 2.45) is 0 Å². The molecule has 109 valence electrons. The summed E-state index contributed by atoms with van der Waals surface area (Å²) in [6, 6.07) is 0. The van der Waals surface area contributed by atoms with Gasteiger partial charge in [-0.2, -0.15) is 25.3 Å². The van der Waals surface area contributed by atoms with Crippen LogP contribution in [0, 0.1) is 0 Å². The topological polar surface area (TPSA) is 141 Å². The summed E-state index contributed by atoms with van der Waals surface area (Å²) in [4.78, 5) is 0. The predicted octanol–water partition coefficient (Wildman–Crippen LogP) is -1.69. The van der Waals surface area contributed by atoms with Gasteiger partial charge in [-0.05, 0) is 12.8 Å². The van der Waals surface area contributed by atoms with E-state index < -0.39 is 60.3 Å². The molecule has 1 N–H and O–H groups in total. The van der Waals surface area contributed by atoms with Crippen LogP contribution < -0.4 is 0 Å². The predicted molar refractivity (Wildman–Crippen MR) is 64.9 cm³/mol. The summed E-state index contributed by atoms with van der Waals surface area (Å²) < 4.78 is 82.1. The zero-order valence-electron chi connectivity index (χ0n) is 10.1. The summed E-state index contributed by atoms with van der Waals surface area (Å²) in [6.07, 6.45) is -0.890. The van der Waals surface area contributed by atoms with Crippen molar-refractivity contribution >= 4 is 59.9 Å². The minimum Gasteiger partial charge on any atom is -0.286 e. The van der Waals surface area contributed by atoms with Gasteiger partial charge in [0.25, 0.3) is 30.4 Å². The third-order valence-corrected chi connectivity index (χ3v) is 7.03. The Morgan fingerprint density at radius 3 is 1.84 bits per heavy atom. The van der Waals surface area contributed by atoms with E-state index in [1.807, 2.05) is 0 Å². The van der Waals surface area contributed by atoms with Gasteiger partial charge in [-0.1, -0.05) is 0 Å². The van der Waals surface area contributed by atoms with Crippen LogP contribution in [-0.4, -0.2) is 82.9 Å². The van der Waals surface area contributed by atoms with Gasteiger partial charge in [-0.25, -0.2) is 0 Å². The van der Waals surface area contributed by atoms with E-state index >= 15 is 0 Å². The van der Waals surface area contributed by atoms with E-state index in [2.05, 4.69) is 8.37 Å². The molecule has 9 nitrogen and oxygen atoms in total. The van der Waals surface area contributed by atoms with Crippen molar-refractivity contribution in [3.05, 3.63) is 0 Å². The second kappa shape index (κ2) is 7.13. The molecule has 1 fully saturated rings. The molecular weight excluding hydrogens is 335 g/mol. The van der Waals surface area contributed by atoms with Gasteiger partial charge in [-0.3, -0.25) is 12.9 Å². The Bertz CT molecular complexity index is 554. The molecule has 13 heteroatoms. The van der Waals surface area contributed by atoms with Crippen LogP contribution in [0.15, 0.2) is 0 Å². The fourth-order valence-corrected chi connectivity index (χ4v) is 5.15. The molecule has 0 saturated carbocycles. The molecule has 0 aliphatic carbocycles. The van der Waals surface area contributed by atoms with Crippen LogP contribution in [0.5, 0.6) is 0 Å². The van der Waals surface area contributed by atoms with Crippen molar-refractivity contribution in [2.75, 3.05) is 19.0 Å². The van der Waals surface area contributed by atoms with Gasteiger partial charge in [0, 0.05) is 29.6 Å². The van der Waals surface area contributed by atoms with Crippen molar-refractivity contribution in [1.29, 1.82) is 0 Å². The summed E-state index contributed by atoms with van der Waals surface area (Å²) in [5.74, 6) is -0.742. The van der Waals surface area contributed by atoms with Gasteiger partial charge < -0.3 is 0 Å². The number of hydrogen-bond acceptors (Lipinski definition) is 8. The second-order valence-electron chi connectivity index (χ2n) is 3.49. The maximum absolute atomic E-state index is 11.5. The van der Waals surface area contributed by atoms with Gasteiger partial charge in [0.05, 0.1) is 19.0 Å². The number of rotatable bonds is 4. The Labute approximate surface area is 133 Å². The quantitative estimate of drug-likeness (QED) is 0.358. The van der Waals surface area contributed by atoms with Gasteiger partial charge in [0.15, 0.2) is 0 Å². The molecule has 0 aromatic rings. The van der Waals surface area contributed by atoms with Gasteiger partial charge >= 0.3 is 0 Å². The van der Waals surface area contributed by atoms with E-state index in [-0.39, 0.29) is 36.0 Å². The van der Waals surface area contributed by atoms with Crippen molar-refractivity contribution in [2.45, 2.75) is 17.4 Å². The van der Waals surface area contributed by atoms with Crippen molar-refractivity contribution < 1.29 is 38.2 Å². The van der Waals surface area contributed by atoms with Crippen LogP contribution in [-0.2, 0) is 38.7 Å². The van der Waals surface area contributed by atoms with E-state index in [0.717, 1.165) is 0 Å². The monoisotopic (exact) mass is 347 g/mol. The van der Waals surface area contributed by atoms with Crippen LogP contribution >= 0.6 is 0 Å². The average molecular weight is 347 g/mol. The molecule has 0 atom stereocenters. The third-order valence-electron chi connectivity index (χ3n) is 2.06. The summed E-state index contributed by atoms with van der Waals surface area (Å²) in [7, 11) is -13.0. The molecule has 0 unspecified atom stereocenters. The van der Waals surface area contributed by atoms with E-state index in [0.29, 0.717) is 0 Å². The van der Waals surface area contributed by atoms with Crippen LogP contribution in [0.1, 0.15) is 12.8 Å². The minimum absolute atomic E-state index is 0. The molecule has 1 aliphatic heterocycles. The maximum atomic E-state index is 11.5. The fourth-order valence-electron chi connectivity index (χ4n) is 1.32. The molecule has 0 spiro atoms. The first-order valence-corrected chi connectivity index (χ1v) is 9.31. The largest absolute Gasteiger partial charge is 0.287 e. The molecule has 1 radical (unpaired) electrons. The van der Waals surface area contributed by atoms with E-state index in [1.54, 1.807) is 0 Å². The van der Waals surface area contributed by atoms with Crippen LogP contribution in [0.2, 0.25) is 0 Å². The van der Waals surface area contributed by atoms with Crippen LogP contribution in [0.3, 0.4) is 0 Å². The van der Waals surface area contributed by atoms with E-state index in [4.69, 9.17) is 4.55 Å². The Balaban J connectivity index is 0.00000324. The molecule has 0 aromatic carbocycles. The third kappa shape index (κ3) is 6.35. The van der Waals surface area contributed by atoms with Crippen LogP contribution in [0.4, 0.5) is 0 Å². The standard InChI is InChI=1S/C6H12O9S3.Na/c7-16(8,9)5-1-2-6-17(10,11)14-3-4-15-18(6,12)13;/h6H,1-5H2,(H,7,8,9);. The SMILES string of the molecule is O=S(=O)(O)CCCC1S(=O)(=O)OCCOS1(=O)=O.[Na]. The summed E-state index contributed by atoms with van der Waals surface area (Å²) >= 11 is 0. The second-order valence-corrected chi connectivity index (χ2v) is 8.94. The van der Waals surface area contributed by atoms with E-state index in [1.165, 1.54) is 0 Å². The first kappa shape index (κ1) is 19.7.